The molecule has 1 N–H and O–H groups in total. The molecule has 1 heterocycles. The van der Waals surface area contributed by atoms with Gasteiger partial charge in [0.15, 0.2) is 0 Å². The quantitative estimate of drug-likeness (QED) is 0.797. The Bertz CT molecular complexity index is 899. The maximum atomic E-state index is 14.6. The van der Waals surface area contributed by atoms with Crippen LogP contribution in [0.4, 0.5) is 4.39 Å². The van der Waals surface area contributed by atoms with E-state index in [1.807, 2.05) is 34.6 Å². The molecule has 0 aliphatic heterocycles. The summed E-state index contributed by atoms with van der Waals surface area (Å²) in [4.78, 5) is 24.0. The van der Waals surface area contributed by atoms with Crippen molar-refractivity contribution in [1.29, 1.82) is 0 Å². The van der Waals surface area contributed by atoms with E-state index in [0.717, 1.165) is 10.7 Å². The first kappa shape index (κ1) is 20.7. The summed E-state index contributed by atoms with van der Waals surface area (Å²) in [6.07, 6.45) is 0.431. The van der Waals surface area contributed by atoms with Crippen molar-refractivity contribution in [2.75, 3.05) is 0 Å². The van der Waals surface area contributed by atoms with Crippen LogP contribution in [0.15, 0.2) is 16.9 Å². The number of ether oxygens (including phenoxy) is 1. The lowest BCUT2D eigenvalue weighted by atomic mass is 10.1. The molecule has 8 heteroatoms. The van der Waals surface area contributed by atoms with Crippen LogP contribution in [0.1, 0.15) is 63.1 Å². The molecule has 1 atom stereocenters. The molecule has 0 fully saturated rings. The van der Waals surface area contributed by atoms with Crippen LogP contribution in [0.25, 0.3) is 5.69 Å². The highest BCUT2D eigenvalue weighted by atomic mass is 19.1. The summed E-state index contributed by atoms with van der Waals surface area (Å²) in [5.41, 5.74) is -0.943. The number of benzene rings is 1. The Morgan fingerprint density at radius 1 is 1.26 bits per heavy atom. The van der Waals surface area contributed by atoms with Crippen LogP contribution < -0.4 is 10.4 Å². The van der Waals surface area contributed by atoms with Crippen molar-refractivity contribution in [1.82, 2.24) is 14.3 Å². The zero-order chi connectivity index (χ0) is 20.5. The van der Waals surface area contributed by atoms with Gasteiger partial charge in [0.05, 0.1) is 6.10 Å². The molecule has 0 saturated heterocycles. The number of rotatable bonds is 7. The zero-order valence-electron chi connectivity index (χ0n) is 16.5. The molecule has 7 nitrogen and oxygen atoms in total. The third kappa shape index (κ3) is 4.37. The number of carbonyl (C=O) groups is 1. The van der Waals surface area contributed by atoms with Gasteiger partial charge in [-0.15, -0.1) is 5.10 Å². The summed E-state index contributed by atoms with van der Waals surface area (Å²) in [7, 11) is 1.56. The van der Waals surface area contributed by atoms with Crippen LogP contribution in [-0.2, 0) is 7.05 Å². The molecule has 0 spiro atoms. The Kier molecular flexibility index (Phi) is 6.08. The van der Waals surface area contributed by atoms with Crippen molar-refractivity contribution in [3.8, 4) is 11.4 Å². The van der Waals surface area contributed by atoms with Crippen LogP contribution in [0.2, 0.25) is 0 Å². The van der Waals surface area contributed by atoms with Crippen LogP contribution >= 0.6 is 0 Å². The zero-order valence-corrected chi connectivity index (χ0v) is 16.5. The molecule has 0 unspecified atom stereocenters. The SMILES string of the molecule is CC(C)C[C@H](C)Oc1cc(-n2nc(C(C)C)n(C)c2=O)c(F)cc1C(=O)O. The van der Waals surface area contributed by atoms with E-state index in [1.165, 1.54) is 10.6 Å². The van der Waals surface area contributed by atoms with Gasteiger partial charge in [0, 0.05) is 19.0 Å². The first-order valence-electron chi connectivity index (χ1n) is 8.92. The molecule has 1 aromatic carbocycles. The number of carboxylic acids is 1. The van der Waals surface area contributed by atoms with Crippen LogP contribution in [-0.4, -0.2) is 31.5 Å². The molecule has 0 radical (unpaired) electrons. The number of hydrogen-bond acceptors (Lipinski definition) is 4. The Hall–Kier alpha value is -2.64. The second-order valence-electron chi connectivity index (χ2n) is 7.43. The molecule has 0 aliphatic rings. The number of hydrogen-bond donors (Lipinski definition) is 1. The van der Waals surface area contributed by atoms with Gasteiger partial charge in [0.1, 0.15) is 28.6 Å². The summed E-state index contributed by atoms with van der Waals surface area (Å²) in [6, 6.07) is 2.10. The van der Waals surface area contributed by atoms with Gasteiger partial charge < -0.3 is 9.84 Å². The molecule has 1 aromatic heterocycles. The molecular formula is C19H26FN3O4. The summed E-state index contributed by atoms with van der Waals surface area (Å²) < 4.78 is 22.7. The van der Waals surface area contributed by atoms with E-state index in [-0.39, 0.29) is 29.0 Å². The summed E-state index contributed by atoms with van der Waals surface area (Å²) in [5, 5.41) is 13.6. The van der Waals surface area contributed by atoms with Gasteiger partial charge in [-0.1, -0.05) is 27.7 Å². The predicted octanol–water partition coefficient (Wildman–Crippen LogP) is 3.35. The van der Waals surface area contributed by atoms with Crippen molar-refractivity contribution in [2.45, 2.75) is 53.1 Å². The fourth-order valence-electron chi connectivity index (χ4n) is 3.01. The van der Waals surface area contributed by atoms with Gasteiger partial charge in [-0.05, 0) is 25.3 Å². The fourth-order valence-corrected chi connectivity index (χ4v) is 3.01. The Labute approximate surface area is 157 Å². The minimum absolute atomic E-state index is 0.00991. The van der Waals surface area contributed by atoms with Crippen molar-refractivity contribution in [2.24, 2.45) is 13.0 Å². The van der Waals surface area contributed by atoms with Crippen molar-refractivity contribution in [3.63, 3.8) is 0 Å². The first-order valence-corrected chi connectivity index (χ1v) is 8.92. The predicted molar refractivity (Wildman–Crippen MR) is 99.4 cm³/mol. The second-order valence-corrected chi connectivity index (χ2v) is 7.43. The van der Waals surface area contributed by atoms with E-state index in [4.69, 9.17) is 4.74 Å². The lowest BCUT2D eigenvalue weighted by Gasteiger charge is -2.19. The number of aromatic nitrogens is 3. The minimum Gasteiger partial charge on any atom is -0.490 e. The van der Waals surface area contributed by atoms with Crippen molar-refractivity contribution < 1.29 is 19.0 Å². The normalized spacial score (nSPS) is 12.6. The largest absolute Gasteiger partial charge is 0.490 e. The highest BCUT2D eigenvalue weighted by molar-refractivity contribution is 5.91. The van der Waals surface area contributed by atoms with Crippen LogP contribution in [0.5, 0.6) is 5.75 Å². The Balaban J connectivity index is 2.59. The summed E-state index contributed by atoms with van der Waals surface area (Å²) in [6.45, 7) is 9.61. The van der Waals surface area contributed by atoms with Gasteiger partial charge in [0.2, 0.25) is 0 Å². The summed E-state index contributed by atoms with van der Waals surface area (Å²) in [5.74, 6) is -1.34. The third-order valence-corrected chi connectivity index (χ3v) is 4.17. The lowest BCUT2D eigenvalue weighted by molar-refractivity contribution is 0.0688. The highest BCUT2D eigenvalue weighted by Crippen LogP contribution is 2.27. The van der Waals surface area contributed by atoms with Crippen molar-refractivity contribution >= 4 is 5.97 Å². The number of halogens is 1. The molecule has 0 bridgehead atoms. The molecular weight excluding hydrogens is 353 g/mol. The fraction of sp³-hybridized carbons (Fsp3) is 0.526. The van der Waals surface area contributed by atoms with Crippen molar-refractivity contribution in [3.05, 3.63) is 39.8 Å². The minimum atomic E-state index is -1.30. The monoisotopic (exact) mass is 379 g/mol. The third-order valence-electron chi connectivity index (χ3n) is 4.17. The Morgan fingerprint density at radius 3 is 2.37 bits per heavy atom. The van der Waals surface area contributed by atoms with E-state index in [9.17, 15) is 19.1 Å². The molecule has 148 valence electrons. The molecule has 0 aliphatic carbocycles. The van der Waals surface area contributed by atoms with Crippen LogP contribution in [0.3, 0.4) is 0 Å². The number of carboxylic acid groups (broad SMARTS) is 1. The van der Waals surface area contributed by atoms with E-state index < -0.39 is 17.5 Å². The number of nitrogens with zero attached hydrogens (tertiary/aromatic N) is 3. The van der Waals surface area contributed by atoms with E-state index in [1.54, 1.807) is 7.05 Å². The van der Waals surface area contributed by atoms with Gasteiger partial charge in [-0.3, -0.25) is 4.57 Å². The maximum absolute atomic E-state index is 14.6. The second kappa shape index (κ2) is 7.94. The van der Waals surface area contributed by atoms with E-state index in [0.29, 0.717) is 18.2 Å². The smallest absolute Gasteiger partial charge is 0.350 e. The van der Waals surface area contributed by atoms with Gasteiger partial charge in [-0.2, -0.15) is 4.68 Å². The molecule has 0 saturated carbocycles. The van der Waals surface area contributed by atoms with E-state index in [2.05, 4.69) is 5.10 Å². The Morgan fingerprint density at radius 2 is 1.89 bits per heavy atom. The average molecular weight is 379 g/mol. The van der Waals surface area contributed by atoms with Crippen LogP contribution in [0, 0.1) is 11.7 Å². The van der Waals surface area contributed by atoms with Gasteiger partial charge in [-0.25, -0.2) is 14.0 Å². The molecule has 2 aromatic rings. The average Bonchev–Trinajstić information content (AvgIpc) is 2.83. The lowest BCUT2D eigenvalue weighted by Crippen LogP contribution is -2.23. The van der Waals surface area contributed by atoms with Gasteiger partial charge in [0.25, 0.3) is 0 Å². The topological polar surface area (TPSA) is 86.4 Å². The summed E-state index contributed by atoms with van der Waals surface area (Å²) >= 11 is 0. The highest BCUT2D eigenvalue weighted by Gasteiger charge is 2.22. The van der Waals surface area contributed by atoms with Gasteiger partial charge >= 0.3 is 11.7 Å². The number of aromatic carboxylic acids is 1. The molecule has 0 amide bonds. The standard InChI is InChI=1S/C19H26FN3O4/c1-10(2)7-12(5)27-16-9-15(14(20)8-13(16)18(24)25)23-19(26)22(6)17(21-23)11(3)4/h8-12H,7H2,1-6H3,(H,24,25)/t12-/m0/s1. The first-order chi connectivity index (χ1) is 12.5. The maximum Gasteiger partial charge on any atom is 0.350 e. The molecule has 2 rings (SSSR count). The molecule has 27 heavy (non-hydrogen) atoms. The van der Waals surface area contributed by atoms with E-state index >= 15 is 0 Å².